The van der Waals surface area contributed by atoms with Crippen molar-refractivity contribution in [1.82, 2.24) is 9.71 Å². The van der Waals surface area contributed by atoms with E-state index < -0.39 is 10.0 Å². The first kappa shape index (κ1) is 15.9. The number of halogens is 1. The van der Waals surface area contributed by atoms with Crippen LogP contribution in [0.5, 0.6) is 0 Å². The van der Waals surface area contributed by atoms with Crippen LogP contribution in [-0.2, 0) is 16.4 Å². The van der Waals surface area contributed by atoms with Crippen LogP contribution in [0.4, 0.5) is 0 Å². The van der Waals surface area contributed by atoms with Crippen LogP contribution >= 0.6 is 11.6 Å². The van der Waals surface area contributed by atoms with E-state index in [9.17, 15) is 8.42 Å². The summed E-state index contributed by atoms with van der Waals surface area (Å²) in [6, 6.07) is 10.6. The summed E-state index contributed by atoms with van der Waals surface area (Å²) in [5, 5.41) is 0.266. The fraction of sp³-hybridized carbons (Fsp3) is 0.267. The highest BCUT2D eigenvalue weighted by atomic mass is 35.5. The van der Waals surface area contributed by atoms with Gasteiger partial charge in [-0.1, -0.05) is 35.9 Å². The summed E-state index contributed by atoms with van der Waals surface area (Å²) >= 11 is 5.67. The van der Waals surface area contributed by atoms with Crippen LogP contribution in [0.2, 0.25) is 5.15 Å². The number of nitrogens with one attached hydrogen (secondary N) is 1. The van der Waals surface area contributed by atoms with Crippen molar-refractivity contribution < 1.29 is 8.42 Å². The van der Waals surface area contributed by atoms with Crippen LogP contribution in [0, 0.1) is 6.92 Å². The SMILES string of the molecule is Cc1ccccc1CC(C)NS(=O)(=O)c1ccc(Cl)nc1. The van der Waals surface area contributed by atoms with Gasteiger partial charge in [0.25, 0.3) is 0 Å². The van der Waals surface area contributed by atoms with Crippen LogP contribution in [0.25, 0.3) is 0 Å². The third kappa shape index (κ3) is 4.27. The van der Waals surface area contributed by atoms with Crippen molar-refractivity contribution in [3.8, 4) is 0 Å². The predicted octanol–water partition coefficient (Wildman–Crippen LogP) is 2.95. The van der Waals surface area contributed by atoms with E-state index in [4.69, 9.17) is 11.6 Å². The van der Waals surface area contributed by atoms with Crippen molar-refractivity contribution in [1.29, 1.82) is 0 Å². The highest BCUT2D eigenvalue weighted by Crippen LogP contribution is 2.14. The van der Waals surface area contributed by atoms with Gasteiger partial charge in [0.2, 0.25) is 10.0 Å². The van der Waals surface area contributed by atoms with Gasteiger partial charge in [-0.25, -0.2) is 18.1 Å². The van der Waals surface area contributed by atoms with E-state index in [2.05, 4.69) is 9.71 Å². The van der Waals surface area contributed by atoms with E-state index in [-0.39, 0.29) is 16.1 Å². The van der Waals surface area contributed by atoms with Gasteiger partial charge in [-0.05, 0) is 43.5 Å². The van der Waals surface area contributed by atoms with Crippen LogP contribution in [0.1, 0.15) is 18.1 Å². The second-order valence-electron chi connectivity index (χ2n) is 4.97. The average Bonchev–Trinajstić information content (AvgIpc) is 2.41. The molecule has 0 spiro atoms. The Labute approximate surface area is 130 Å². The topological polar surface area (TPSA) is 59.1 Å². The predicted molar refractivity (Wildman–Crippen MR) is 83.9 cm³/mol. The number of sulfonamides is 1. The van der Waals surface area contributed by atoms with Gasteiger partial charge in [0.1, 0.15) is 10.0 Å². The van der Waals surface area contributed by atoms with E-state index in [1.54, 1.807) is 0 Å². The van der Waals surface area contributed by atoms with Crippen LogP contribution < -0.4 is 4.72 Å². The molecular weight excluding hydrogens is 308 g/mol. The van der Waals surface area contributed by atoms with Gasteiger partial charge in [0.15, 0.2) is 0 Å². The Kier molecular flexibility index (Phi) is 4.98. The molecule has 1 atom stereocenters. The minimum absolute atomic E-state index is 0.114. The number of aromatic nitrogens is 1. The maximum Gasteiger partial charge on any atom is 0.242 e. The molecule has 112 valence electrons. The monoisotopic (exact) mass is 324 g/mol. The Morgan fingerprint density at radius 1 is 1.24 bits per heavy atom. The van der Waals surface area contributed by atoms with Crippen molar-refractivity contribution in [2.45, 2.75) is 31.2 Å². The number of benzene rings is 1. The number of nitrogens with zero attached hydrogens (tertiary/aromatic N) is 1. The average molecular weight is 325 g/mol. The summed E-state index contributed by atoms with van der Waals surface area (Å²) < 4.78 is 27.1. The first-order valence-electron chi connectivity index (χ1n) is 6.57. The van der Waals surface area contributed by atoms with E-state index in [1.807, 2.05) is 38.1 Å². The lowest BCUT2D eigenvalue weighted by atomic mass is 10.0. The van der Waals surface area contributed by atoms with Gasteiger partial charge in [-0.2, -0.15) is 0 Å². The molecular formula is C15H17ClN2O2S. The molecule has 0 aliphatic rings. The smallest absolute Gasteiger partial charge is 0.242 e. The molecule has 2 aromatic rings. The van der Waals surface area contributed by atoms with E-state index in [0.717, 1.165) is 11.1 Å². The number of aryl methyl sites for hydroxylation is 1. The van der Waals surface area contributed by atoms with Gasteiger partial charge in [0, 0.05) is 12.2 Å². The minimum Gasteiger partial charge on any atom is -0.243 e. The van der Waals surface area contributed by atoms with E-state index in [1.165, 1.54) is 18.3 Å². The van der Waals surface area contributed by atoms with Crippen LogP contribution in [0.15, 0.2) is 47.5 Å². The van der Waals surface area contributed by atoms with Crippen LogP contribution in [-0.4, -0.2) is 19.4 Å². The Morgan fingerprint density at radius 2 is 1.95 bits per heavy atom. The molecule has 0 fully saturated rings. The second-order valence-corrected chi connectivity index (χ2v) is 7.07. The molecule has 0 saturated carbocycles. The lowest BCUT2D eigenvalue weighted by Crippen LogP contribution is -2.34. The highest BCUT2D eigenvalue weighted by molar-refractivity contribution is 7.89. The van der Waals surface area contributed by atoms with Crippen molar-refractivity contribution in [3.63, 3.8) is 0 Å². The highest BCUT2D eigenvalue weighted by Gasteiger charge is 2.18. The molecule has 2 rings (SSSR count). The third-order valence-electron chi connectivity index (χ3n) is 3.15. The fourth-order valence-corrected chi connectivity index (χ4v) is 3.36. The standard InChI is InChI=1S/C15H17ClN2O2S/c1-11-5-3-4-6-13(11)9-12(2)18-21(19,20)14-7-8-15(16)17-10-14/h3-8,10,12,18H,9H2,1-2H3. The summed E-state index contributed by atoms with van der Waals surface area (Å²) in [7, 11) is -3.58. The van der Waals surface area contributed by atoms with Crippen molar-refractivity contribution >= 4 is 21.6 Å². The fourth-order valence-electron chi connectivity index (χ4n) is 2.06. The molecule has 4 nitrogen and oxygen atoms in total. The first-order valence-corrected chi connectivity index (χ1v) is 8.43. The van der Waals surface area contributed by atoms with Gasteiger partial charge >= 0.3 is 0 Å². The zero-order valence-electron chi connectivity index (χ0n) is 11.9. The maximum atomic E-state index is 12.2. The third-order valence-corrected chi connectivity index (χ3v) is 4.95. The van der Waals surface area contributed by atoms with Crippen molar-refractivity contribution in [2.75, 3.05) is 0 Å². The number of pyridine rings is 1. The normalized spacial score (nSPS) is 13.1. The summed E-state index contributed by atoms with van der Waals surface area (Å²) in [5.41, 5.74) is 2.28. The molecule has 0 amide bonds. The molecule has 0 bridgehead atoms. The largest absolute Gasteiger partial charge is 0.243 e. The molecule has 21 heavy (non-hydrogen) atoms. The molecule has 1 unspecified atom stereocenters. The van der Waals surface area contributed by atoms with E-state index in [0.29, 0.717) is 6.42 Å². The Balaban J connectivity index is 2.10. The molecule has 1 N–H and O–H groups in total. The zero-order chi connectivity index (χ0) is 15.5. The zero-order valence-corrected chi connectivity index (χ0v) is 13.4. The lowest BCUT2D eigenvalue weighted by Gasteiger charge is -2.15. The van der Waals surface area contributed by atoms with E-state index >= 15 is 0 Å². The molecule has 1 aromatic heterocycles. The van der Waals surface area contributed by atoms with Crippen LogP contribution in [0.3, 0.4) is 0 Å². The van der Waals surface area contributed by atoms with Gasteiger partial charge in [-0.3, -0.25) is 0 Å². The number of rotatable bonds is 5. The van der Waals surface area contributed by atoms with Gasteiger partial charge < -0.3 is 0 Å². The summed E-state index contributed by atoms with van der Waals surface area (Å²) in [6.07, 6.45) is 1.89. The molecule has 0 saturated heterocycles. The molecule has 1 heterocycles. The summed E-state index contributed by atoms with van der Waals surface area (Å²) in [6.45, 7) is 3.85. The number of hydrogen-bond donors (Lipinski definition) is 1. The van der Waals surface area contributed by atoms with Crippen molar-refractivity contribution in [3.05, 3.63) is 58.9 Å². The second kappa shape index (κ2) is 6.56. The molecule has 0 aliphatic carbocycles. The van der Waals surface area contributed by atoms with Gasteiger partial charge in [-0.15, -0.1) is 0 Å². The Hall–Kier alpha value is -1.43. The quantitative estimate of drug-likeness (QED) is 0.860. The molecule has 0 radical (unpaired) electrons. The molecule has 0 aliphatic heterocycles. The summed E-state index contributed by atoms with van der Waals surface area (Å²) in [5.74, 6) is 0. The molecule has 1 aromatic carbocycles. The summed E-state index contributed by atoms with van der Waals surface area (Å²) in [4.78, 5) is 3.91. The maximum absolute atomic E-state index is 12.2. The first-order chi connectivity index (χ1) is 9.88. The van der Waals surface area contributed by atoms with Crippen molar-refractivity contribution in [2.24, 2.45) is 0 Å². The Morgan fingerprint density at radius 3 is 2.57 bits per heavy atom. The minimum atomic E-state index is -3.58. The number of hydrogen-bond acceptors (Lipinski definition) is 3. The lowest BCUT2D eigenvalue weighted by molar-refractivity contribution is 0.559. The molecule has 6 heteroatoms. The van der Waals surface area contributed by atoms with Gasteiger partial charge in [0.05, 0.1) is 0 Å². The Bertz CT molecular complexity index is 715.